The minimum absolute atomic E-state index is 0.0814. The van der Waals surface area contributed by atoms with Gasteiger partial charge in [-0.25, -0.2) is 0 Å². The third-order valence-electron chi connectivity index (χ3n) is 7.68. The van der Waals surface area contributed by atoms with Crippen LogP contribution in [-0.2, 0) is 10.2 Å². The van der Waals surface area contributed by atoms with Crippen molar-refractivity contribution < 1.29 is 9.90 Å². The number of carbonyl (C=O) groups excluding carboxylic acids is 1. The molecule has 3 fully saturated rings. The van der Waals surface area contributed by atoms with Gasteiger partial charge in [-0.2, -0.15) is 0 Å². The number of fused-ring (bicyclic) bond motifs is 2. The van der Waals surface area contributed by atoms with Crippen LogP contribution in [-0.4, -0.2) is 59.6 Å². The highest BCUT2D eigenvalue weighted by molar-refractivity contribution is 5.89. The van der Waals surface area contributed by atoms with E-state index in [9.17, 15) is 9.90 Å². The van der Waals surface area contributed by atoms with Gasteiger partial charge in [0.1, 0.15) is 0 Å². The minimum Gasteiger partial charge on any atom is -0.396 e. The molecule has 1 amide bonds. The predicted molar refractivity (Wildman–Crippen MR) is 103 cm³/mol. The maximum atomic E-state index is 14.0. The molecule has 3 aliphatic heterocycles. The van der Waals surface area contributed by atoms with Gasteiger partial charge in [0, 0.05) is 17.5 Å². The number of benzene rings is 1. The molecule has 1 aromatic rings. The minimum atomic E-state index is -0.395. The first-order valence-corrected chi connectivity index (χ1v) is 10.2. The van der Waals surface area contributed by atoms with Crippen molar-refractivity contribution in [3.05, 3.63) is 35.9 Å². The molecule has 3 aliphatic rings. The SMILES string of the molecule is CC[C@@]1(CO)C[C@@H]2CC[C@H]1N2C(=O)C1(c2ccccc2)CCN(C)CC1. The lowest BCUT2D eigenvalue weighted by Gasteiger charge is -2.44. The Hall–Kier alpha value is -1.39. The number of nitrogens with zero attached hydrogens (tertiary/aromatic N) is 2. The van der Waals surface area contributed by atoms with Crippen molar-refractivity contribution in [3.8, 4) is 0 Å². The summed E-state index contributed by atoms with van der Waals surface area (Å²) >= 11 is 0. The summed E-state index contributed by atoms with van der Waals surface area (Å²) in [5.74, 6) is 0.327. The first-order chi connectivity index (χ1) is 12.6. The van der Waals surface area contributed by atoms with E-state index in [1.54, 1.807) is 0 Å². The molecule has 4 nitrogen and oxygen atoms in total. The molecule has 0 unspecified atom stereocenters. The number of hydrogen-bond acceptors (Lipinski definition) is 3. The van der Waals surface area contributed by atoms with Crippen molar-refractivity contribution in [3.63, 3.8) is 0 Å². The van der Waals surface area contributed by atoms with E-state index in [4.69, 9.17) is 0 Å². The van der Waals surface area contributed by atoms with Crippen LogP contribution in [0.4, 0.5) is 0 Å². The summed E-state index contributed by atoms with van der Waals surface area (Å²) < 4.78 is 0. The number of aliphatic hydroxyl groups excluding tert-OH is 1. The van der Waals surface area contributed by atoms with Crippen molar-refractivity contribution in [1.29, 1.82) is 0 Å². The van der Waals surface area contributed by atoms with Crippen molar-refractivity contribution in [2.24, 2.45) is 5.41 Å². The maximum absolute atomic E-state index is 14.0. The quantitative estimate of drug-likeness (QED) is 0.902. The highest BCUT2D eigenvalue weighted by atomic mass is 16.3. The van der Waals surface area contributed by atoms with Gasteiger partial charge >= 0.3 is 0 Å². The van der Waals surface area contributed by atoms with Gasteiger partial charge in [0.05, 0.1) is 12.0 Å². The molecule has 3 saturated heterocycles. The van der Waals surface area contributed by atoms with Crippen molar-refractivity contribution in [2.45, 2.75) is 62.9 Å². The third kappa shape index (κ3) is 2.53. The van der Waals surface area contributed by atoms with Crippen molar-refractivity contribution in [1.82, 2.24) is 9.80 Å². The number of aliphatic hydroxyl groups is 1. The van der Waals surface area contributed by atoms with Crippen LogP contribution in [0.5, 0.6) is 0 Å². The molecule has 26 heavy (non-hydrogen) atoms. The Morgan fingerprint density at radius 1 is 1.19 bits per heavy atom. The largest absolute Gasteiger partial charge is 0.396 e. The number of amides is 1. The molecule has 4 rings (SSSR count). The van der Waals surface area contributed by atoms with Crippen molar-refractivity contribution in [2.75, 3.05) is 26.7 Å². The highest BCUT2D eigenvalue weighted by Gasteiger charge is 2.59. The number of rotatable bonds is 4. The Bertz CT molecular complexity index is 647. The fraction of sp³-hybridized carbons (Fsp3) is 0.682. The molecular formula is C22H32N2O2. The lowest BCUT2D eigenvalue weighted by Crippen LogP contribution is -2.54. The number of hydrogen-bond donors (Lipinski definition) is 1. The fourth-order valence-corrected chi connectivity index (χ4v) is 5.89. The molecule has 4 heteroatoms. The van der Waals surface area contributed by atoms with Gasteiger partial charge in [0.2, 0.25) is 5.91 Å². The summed E-state index contributed by atoms with van der Waals surface area (Å²) in [4.78, 5) is 18.6. The zero-order valence-corrected chi connectivity index (χ0v) is 16.2. The van der Waals surface area contributed by atoms with E-state index in [0.29, 0.717) is 11.9 Å². The second kappa shape index (κ2) is 6.65. The second-order valence-corrected chi connectivity index (χ2v) is 8.79. The lowest BCUT2D eigenvalue weighted by molar-refractivity contribution is -0.141. The van der Waals surface area contributed by atoms with Gasteiger partial charge in [0.15, 0.2) is 0 Å². The van der Waals surface area contributed by atoms with Crippen LogP contribution in [0.25, 0.3) is 0 Å². The molecule has 0 aromatic heterocycles. The summed E-state index contributed by atoms with van der Waals surface area (Å²) in [7, 11) is 2.15. The highest BCUT2D eigenvalue weighted by Crippen LogP contribution is 2.53. The average molecular weight is 357 g/mol. The first kappa shape index (κ1) is 18.0. The van der Waals surface area contributed by atoms with E-state index in [0.717, 1.165) is 51.6 Å². The van der Waals surface area contributed by atoms with Crippen LogP contribution in [0, 0.1) is 5.41 Å². The summed E-state index contributed by atoms with van der Waals surface area (Å²) in [5, 5.41) is 10.1. The Kier molecular flexibility index (Phi) is 4.60. The van der Waals surface area contributed by atoms with Crippen LogP contribution in [0.15, 0.2) is 30.3 Å². The second-order valence-electron chi connectivity index (χ2n) is 8.79. The van der Waals surface area contributed by atoms with Crippen molar-refractivity contribution >= 4 is 5.91 Å². The summed E-state index contributed by atoms with van der Waals surface area (Å²) in [6, 6.07) is 11.0. The van der Waals surface area contributed by atoms with Gasteiger partial charge < -0.3 is 14.9 Å². The molecule has 0 radical (unpaired) electrons. The molecule has 142 valence electrons. The summed E-state index contributed by atoms with van der Waals surface area (Å²) in [6.45, 7) is 4.29. The normalized spacial score (nSPS) is 33.6. The van der Waals surface area contributed by atoms with E-state index in [2.05, 4.69) is 48.0 Å². The first-order valence-electron chi connectivity index (χ1n) is 10.2. The predicted octanol–water partition coefficient (Wildman–Crippen LogP) is 2.80. The Labute approximate surface area is 157 Å². The molecule has 3 atom stereocenters. The van der Waals surface area contributed by atoms with E-state index < -0.39 is 5.41 Å². The van der Waals surface area contributed by atoms with Crippen LogP contribution in [0.1, 0.15) is 51.0 Å². The Balaban J connectivity index is 1.70. The molecular weight excluding hydrogens is 324 g/mol. The van der Waals surface area contributed by atoms with Gasteiger partial charge in [-0.15, -0.1) is 0 Å². The van der Waals surface area contributed by atoms with Gasteiger partial charge in [-0.1, -0.05) is 37.3 Å². The third-order valence-corrected chi connectivity index (χ3v) is 7.68. The molecule has 1 N–H and O–H groups in total. The van der Waals surface area contributed by atoms with E-state index in [-0.39, 0.29) is 18.1 Å². The van der Waals surface area contributed by atoms with Crippen LogP contribution in [0.3, 0.4) is 0 Å². The number of piperidine rings is 1. The molecule has 0 aliphatic carbocycles. The summed E-state index contributed by atoms with van der Waals surface area (Å²) in [6.07, 6.45) is 5.86. The number of likely N-dealkylation sites (tertiary alicyclic amines) is 1. The van der Waals surface area contributed by atoms with Crippen LogP contribution in [0.2, 0.25) is 0 Å². The van der Waals surface area contributed by atoms with Crippen LogP contribution >= 0.6 is 0 Å². The molecule has 0 spiro atoms. The van der Waals surface area contributed by atoms with Gasteiger partial charge in [-0.3, -0.25) is 4.79 Å². The topological polar surface area (TPSA) is 43.8 Å². The van der Waals surface area contributed by atoms with E-state index in [1.807, 2.05) is 6.07 Å². The Morgan fingerprint density at radius 2 is 1.88 bits per heavy atom. The summed E-state index contributed by atoms with van der Waals surface area (Å²) in [5.41, 5.74) is 0.700. The maximum Gasteiger partial charge on any atom is 0.233 e. The standard InChI is InChI=1S/C22H32N2O2/c1-3-21(16-25)15-18-9-10-19(21)24(18)20(26)22(11-13-23(2)14-12-22)17-7-5-4-6-8-17/h4-8,18-19,25H,3,9-16H2,1-2H3/t18-,19+,21-/m0/s1. The van der Waals surface area contributed by atoms with E-state index in [1.165, 1.54) is 5.56 Å². The van der Waals surface area contributed by atoms with Gasteiger partial charge in [0.25, 0.3) is 0 Å². The monoisotopic (exact) mass is 356 g/mol. The van der Waals surface area contributed by atoms with Crippen LogP contribution < -0.4 is 0 Å². The average Bonchev–Trinajstić information content (AvgIpc) is 3.25. The van der Waals surface area contributed by atoms with Gasteiger partial charge in [-0.05, 0) is 64.2 Å². The zero-order valence-electron chi connectivity index (χ0n) is 16.2. The fourth-order valence-electron chi connectivity index (χ4n) is 5.89. The lowest BCUT2D eigenvalue weighted by atomic mass is 9.71. The molecule has 2 bridgehead atoms. The molecule has 1 aromatic carbocycles. The van der Waals surface area contributed by atoms with E-state index >= 15 is 0 Å². The molecule has 0 saturated carbocycles. The Morgan fingerprint density at radius 3 is 2.46 bits per heavy atom. The smallest absolute Gasteiger partial charge is 0.233 e. The number of carbonyl (C=O) groups is 1. The zero-order chi connectivity index (χ0) is 18.4. The molecule has 3 heterocycles.